The number of hydrogen-bond donors (Lipinski definition) is 1. The van der Waals surface area contributed by atoms with Gasteiger partial charge in [-0.3, -0.25) is 4.79 Å². The summed E-state index contributed by atoms with van der Waals surface area (Å²) in [5, 5.41) is 8.17. The van der Waals surface area contributed by atoms with Crippen LogP contribution < -0.4 is 5.56 Å². The van der Waals surface area contributed by atoms with Crippen molar-refractivity contribution < 1.29 is 22.0 Å². The number of aromatic amines is 1. The summed E-state index contributed by atoms with van der Waals surface area (Å²) in [6.07, 6.45) is -4.99. The van der Waals surface area contributed by atoms with E-state index >= 15 is 0 Å². The number of aromatic nitrogens is 2. The second kappa shape index (κ2) is 6.37. The molecule has 0 atom stereocenters. The number of nitrogens with zero attached hydrogens (tertiary/aromatic N) is 2. The molecule has 0 aliphatic rings. The predicted molar refractivity (Wildman–Crippen MR) is 70.5 cm³/mol. The van der Waals surface area contributed by atoms with Crippen molar-refractivity contribution in [3.8, 4) is 6.07 Å². The summed E-state index contributed by atoms with van der Waals surface area (Å²) in [6, 6.07) is 4.53. The second-order valence-corrected chi connectivity index (χ2v) is 5.17. The minimum absolute atomic E-state index is 0.101. The van der Waals surface area contributed by atoms with Crippen LogP contribution in [-0.4, -0.2) is 9.97 Å². The van der Waals surface area contributed by atoms with E-state index in [2.05, 4.69) is 4.98 Å². The van der Waals surface area contributed by atoms with Gasteiger partial charge in [-0.25, -0.2) is 13.8 Å². The fourth-order valence-electron chi connectivity index (χ4n) is 1.64. The number of halogens is 5. The Morgan fingerprint density at radius 2 is 2.00 bits per heavy atom. The zero-order valence-electron chi connectivity index (χ0n) is 11.0. The minimum Gasteiger partial charge on any atom is -0.300 e. The van der Waals surface area contributed by atoms with E-state index in [0.717, 1.165) is 12.1 Å². The third kappa shape index (κ3) is 3.68. The van der Waals surface area contributed by atoms with Crippen molar-refractivity contribution in [3.05, 3.63) is 57.0 Å². The summed E-state index contributed by atoms with van der Waals surface area (Å²) >= 11 is 0.577. The highest BCUT2D eigenvalue weighted by atomic mass is 32.2. The van der Waals surface area contributed by atoms with Crippen molar-refractivity contribution in [2.75, 3.05) is 0 Å². The van der Waals surface area contributed by atoms with Gasteiger partial charge in [0.2, 0.25) is 0 Å². The molecule has 0 aliphatic carbocycles. The monoisotopic (exact) mass is 347 g/mol. The van der Waals surface area contributed by atoms with Crippen LogP contribution in [-0.2, 0) is 11.9 Å². The van der Waals surface area contributed by atoms with Crippen LogP contribution in [0, 0.1) is 23.0 Å². The number of benzene rings is 1. The average molecular weight is 347 g/mol. The zero-order valence-corrected chi connectivity index (χ0v) is 11.9. The number of rotatable bonds is 3. The van der Waals surface area contributed by atoms with Crippen LogP contribution >= 0.6 is 11.8 Å². The second-order valence-electron chi connectivity index (χ2n) is 4.21. The number of alkyl halides is 3. The van der Waals surface area contributed by atoms with Crippen LogP contribution in [0.5, 0.6) is 0 Å². The van der Waals surface area contributed by atoms with E-state index in [-0.39, 0.29) is 11.3 Å². The van der Waals surface area contributed by atoms with Crippen LogP contribution in [0.1, 0.15) is 16.8 Å². The van der Waals surface area contributed by atoms with E-state index in [1.54, 1.807) is 0 Å². The normalized spacial score (nSPS) is 11.3. The maximum absolute atomic E-state index is 13.5. The molecule has 4 nitrogen and oxygen atoms in total. The van der Waals surface area contributed by atoms with E-state index in [4.69, 9.17) is 5.26 Å². The molecule has 0 bridgehead atoms. The largest absolute Gasteiger partial charge is 0.434 e. The van der Waals surface area contributed by atoms with Crippen molar-refractivity contribution >= 4 is 11.8 Å². The van der Waals surface area contributed by atoms with E-state index in [1.165, 1.54) is 12.1 Å². The lowest BCUT2D eigenvalue weighted by molar-refractivity contribution is -0.142. The summed E-state index contributed by atoms with van der Waals surface area (Å²) in [6.45, 7) is 0. The van der Waals surface area contributed by atoms with Crippen molar-refractivity contribution in [2.45, 2.75) is 17.1 Å². The molecule has 0 saturated heterocycles. The van der Waals surface area contributed by atoms with Crippen LogP contribution in [0.4, 0.5) is 22.0 Å². The molecule has 0 spiro atoms. The van der Waals surface area contributed by atoms with Gasteiger partial charge in [0.05, 0.1) is 0 Å². The van der Waals surface area contributed by atoms with E-state index in [0.29, 0.717) is 11.8 Å². The Labute approximate surface area is 130 Å². The van der Waals surface area contributed by atoms with Crippen LogP contribution in [0.15, 0.2) is 28.2 Å². The van der Waals surface area contributed by atoms with Crippen LogP contribution in [0.25, 0.3) is 0 Å². The first-order valence-electron chi connectivity index (χ1n) is 5.91. The molecule has 1 aromatic carbocycles. The first kappa shape index (κ1) is 17.0. The quantitative estimate of drug-likeness (QED) is 0.526. The van der Waals surface area contributed by atoms with Crippen molar-refractivity contribution in [1.29, 1.82) is 5.26 Å². The molecule has 0 saturated carbocycles. The molecule has 0 amide bonds. The Hall–Kier alpha value is -2.41. The summed E-state index contributed by atoms with van der Waals surface area (Å²) in [5.41, 5.74) is -4.13. The molecular weight excluding hydrogens is 341 g/mol. The molecule has 10 heteroatoms. The number of nitrogens with one attached hydrogen (secondary N) is 1. The Morgan fingerprint density at radius 3 is 2.61 bits per heavy atom. The van der Waals surface area contributed by atoms with Crippen LogP contribution in [0.3, 0.4) is 0 Å². The molecule has 2 aromatic rings. The van der Waals surface area contributed by atoms with Gasteiger partial charge in [0.15, 0.2) is 22.5 Å². The highest BCUT2D eigenvalue weighted by Crippen LogP contribution is 2.30. The van der Waals surface area contributed by atoms with Gasteiger partial charge in [-0.15, -0.1) is 0 Å². The fourth-order valence-corrected chi connectivity index (χ4v) is 2.47. The maximum Gasteiger partial charge on any atom is 0.434 e. The summed E-state index contributed by atoms with van der Waals surface area (Å²) in [7, 11) is 0. The van der Waals surface area contributed by atoms with Gasteiger partial charge < -0.3 is 4.98 Å². The standard InChI is InChI=1S/C13H6F5N3OS/c14-8-3-1-2-6(9(8)15)5-23-12-20-10(13(16,17)18)7(4-19)11(22)21-12/h1-3H,5H2,(H,20,21,22). The first-order valence-corrected chi connectivity index (χ1v) is 6.90. The van der Waals surface area contributed by atoms with Gasteiger partial charge in [0, 0.05) is 11.3 Å². The van der Waals surface area contributed by atoms with Gasteiger partial charge in [-0.05, 0) is 6.07 Å². The summed E-state index contributed by atoms with van der Waals surface area (Å²) < 4.78 is 64.9. The molecule has 0 aliphatic heterocycles. The lowest BCUT2D eigenvalue weighted by atomic mass is 10.2. The number of nitriles is 1. The number of thioether (sulfide) groups is 1. The van der Waals surface area contributed by atoms with Gasteiger partial charge in [-0.2, -0.15) is 18.4 Å². The molecule has 2 rings (SSSR count). The first-order chi connectivity index (χ1) is 10.7. The molecule has 23 heavy (non-hydrogen) atoms. The smallest absolute Gasteiger partial charge is 0.300 e. The van der Waals surface area contributed by atoms with Gasteiger partial charge in [-0.1, -0.05) is 23.9 Å². The third-order valence-electron chi connectivity index (χ3n) is 2.67. The highest BCUT2D eigenvalue weighted by molar-refractivity contribution is 7.98. The predicted octanol–water partition coefficient (Wildman–Crippen LogP) is 3.23. The van der Waals surface area contributed by atoms with Crippen LogP contribution in [0.2, 0.25) is 0 Å². The molecule has 1 heterocycles. The Bertz CT molecular complexity index is 841. The molecule has 120 valence electrons. The average Bonchev–Trinajstić information content (AvgIpc) is 2.47. The SMILES string of the molecule is N#Cc1c(C(F)(F)F)nc(SCc2cccc(F)c2F)[nH]c1=O. The Morgan fingerprint density at radius 1 is 1.30 bits per heavy atom. The topological polar surface area (TPSA) is 69.5 Å². The Balaban J connectivity index is 2.35. The van der Waals surface area contributed by atoms with Crippen molar-refractivity contribution in [3.63, 3.8) is 0 Å². The molecule has 0 unspecified atom stereocenters. The fraction of sp³-hybridized carbons (Fsp3) is 0.154. The summed E-state index contributed by atoms with van der Waals surface area (Å²) in [4.78, 5) is 16.7. The van der Waals surface area contributed by atoms with Crippen molar-refractivity contribution in [1.82, 2.24) is 9.97 Å². The Kier molecular flexibility index (Phi) is 4.70. The number of H-pyrrole nitrogens is 1. The lowest BCUT2D eigenvalue weighted by Crippen LogP contribution is -2.22. The van der Waals surface area contributed by atoms with Crippen molar-refractivity contribution in [2.24, 2.45) is 0 Å². The highest BCUT2D eigenvalue weighted by Gasteiger charge is 2.37. The van der Waals surface area contributed by atoms with Gasteiger partial charge >= 0.3 is 6.18 Å². The third-order valence-corrected chi connectivity index (χ3v) is 3.60. The molecular formula is C13H6F5N3OS. The molecule has 0 radical (unpaired) electrons. The van der Waals surface area contributed by atoms with Gasteiger partial charge in [0.25, 0.3) is 5.56 Å². The lowest BCUT2D eigenvalue weighted by Gasteiger charge is -2.09. The summed E-state index contributed by atoms with van der Waals surface area (Å²) in [5.74, 6) is -2.48. The molecule has 1 aromatic heterocycles. The molecule has 1 N–H and O–H groups in total. The van der Waals surface area contributed by atoms with Gasteiger partial charge in [0.1, 0.15) is 11.6 Å². The van der Waals surface area contributed by atoms with E-state index in [9.17, 15) is 26.7 Å². The molecule has 0 fully saturated rings. The minimum atomic E-state index is -4.99. The zero-order chi connectivity index (χ0) is 17.2. The number of hydrogen-bond acceptors (Lipinski definition) is 4. The maximum atomic E-state index is 13.5. The van der Waals surface area contributed by atoms with E-state index in [1.807, 2.05) is 4.98 Å². The van der Waals surface area contributed by atoms with E-state index < -0.39 is 39.8 Å².